The summed E-state index contributed by atoms with van der Waals surface area (Å²) in [5.74, 6) is 2.00. The third kappa shape index (κ3) is 9.31. The number of benzene rings is 1. The van der Waals surface area contributed by atoms with Crippen LogP contribution in [0.3, 0.4) is 0 Å². The van der Waals surface area contributed by atoms with Gasteiger partial charge in [0.05, 0.1) is 13.7 Å². The fourth-order valence-corrected chi connectivity index (χ4v) is 3.23. The molecular weight excluding hydrogens is 484 g/mol. The third-order valence-corrected chi connectivity index (χ3v) is 4.80. The first-order valence-electron chi connectivity index (χ1n) is 9.26. The Kier molecular flexibility index (Phi) is 10.9. The lowest BCUT2D eigenvalue weighted by Gasteiger charge is -2.32. The van der Waals surface area contributed by atoms with Crippen LogP contribution in [0, 0.1) is 5.92 Å². The summed E-state index contributed by atoms with van der Waals surface area (Å²) < 4.78 is 42.4. The van der Waals surface area contributed by atoms with Crippen molar-refractivity contribution in [3.05, 3.63) is 29.8 Å². The van der Waals surface area contributed by atoms with Gasteiger partial charge >= 0.3 is 6.18 Å². The van der Waals surface area contributed by atoms with Crippen LogP contribution in [0.2, 0.25) is 0 Å². The second kappa shape index (κ2) is 12.4. The van der Waals surface area contributed by atoms with Crippen molar-refractivity contribution in [3.8, 4) is 5.75 Å². The second-order valence-electron chi connectivity index (χ2n) is 6.82. The maximum Gasteiger partial charge on any atom is 0.401 e. The molecule has 1 fully saturated rings. The number of likely N-dealkylation sites (tertiary alicyclic amines) is 1. The molecule has 0 amide bonds. The maximum atomic E-state index is 12.4. The van der Waals surface area contributed by atoms with Gasteiger partial charge in [-0.3, -0.25) is 9.89 Å². The van der Waals surface area contributed by atoms with E-state index in [9.17, 15) is 13.2 Å². The minimum absolute atomic E-state index is 0. The van der Waals surface area contributed by atoms with Crippen LogP contribution >= 0.6 is 24.0 Å². The fraction of sp³-hybridized carbons (Fsp3) is 0.632. The number of nitrogens with zero attached hydrogens (tertiary/aromatic N) is 2. The second-order valence-corrected chi connectivity index (χ2v) is 6.82. The lowest BCUT2D eigenvalue weighted by atomic mass is 9.93. The van der Waals surface area contributed by atoms with Crippen LogP contribution in [0.4, 0.5) is 13.2 Å². The van der Waals surface area contributed by atoms with Gasteiger partial charge in [-0.05, 0) is 56.0 Å². The number of methoxy groups -OCH3 is 1. The molecule has 2 rings (SSSR count). The Morgan fingerprint density at radius 3 is 2.36 bits per heavy atom. The van der Waals surface area contributed by atoms with Gasteiger partial charge in [-0.2, -0.15) is 13.2 Å². The van der Waals surface area contributed by atoms with E-state index in [2.05, 4.69) is 15.6 Å². The number of ether oxygens (including phenoxy) is 1. The number of hydrogen-bond donors (Lipinski definition) is 2. The van der Waals surface area contributed by atoms with Crippen molar-refractivity contribution in [1.29, 1.82) is 0 Å². The molecule has 1 aliphatic rings. The lowest BCUT2D eigenvalue weighted by Crippen LogP contribution is -2.41. The predicted molar refractivity (Wildman–Crippen MR) is 116 cm³/mol. The van der Waals surface area contributed by atoms with Crippen molar-refractivity contribution in [2.45, 2.75) is 32.0 Å². The zero-order chi connectivity index (χ0) is 19.7. The average Bonchev–Trinajstić information content (AvgIpc) is 2.65. The predicted octanol–water partition coefficient (Wildman–Crippen LogP) is 3.64. The topological polar surface area (TPSA) is 48.9 Å². The summed E-state index contributed by atoms with van der Waals surface area (Å²) in [5.41, 5.74) is 1.12. The van der Waals surface area contributed by atoms with Gasteiger partial charge in [0.25, 0.3) is 0 Å². The Labute approximate surface area is 182 Å². The van der Waals surface area contributed by atoms with E-state index in [1.165, 1.54) is 4.90 Å². The molecule has 0 radical (unpaired) electrons. The van der Waals surface area contributed by atoms with Crippen LogP contribution in [0.25, 0.3) is 0 Å². The summed E-state index contributed by atoms with van der Waals surface area (Å²) in [6.45, 7) is 1.66. The number of aliphatic imine (C=N–C) groups is 1. The summed E-state index contributed by atoms with van der Waals surface area (Å²) >= 11 is 0. The number of hydrogen-bond acceptors (Lipinski definition) is 3. The number of piperidine rings is 1. The molecule has 0 aliphatic carbocycles. The monoisotopic (exact) mass is 514 g/mol. The Morgan fingerprint density at radius 1 is 1.18 bits per heavy atom. The molecule has 28 heavy (non-hydrogen) atoms. The van der Waals surface area contributed by atoms with Crippen molar-refractivity contribution < 1.29 is 17.9 Å². The minimum atomic E-state index is -4.10. The molecule has 0 aromatic heterocycles. The molecule has 1 aliphatic heterocycles. The molecule has 1 aromatic carbocycles. The highest BCUT2D eigenvalue weighted by atomic mass is 127. The zero-order valence-electron chi connectivity index (χ0n) is 16.4. The summed E-state index contributed by atoms with van der Waals surface area (Å²) in [4.78, 5) is 5.71. The lowest BCUT2D eigenvalue weighted by molar-refractivity contribution is -0.148. The average molecular weight is 514 g/mol. The Morgan fingerprint density at radius 2 is 1.82 bits per heavy atom. The normalized spacial score (nSPS) is 16.4. The quantitative estimate of drug-likeness (QED) is 0.332. The molecule has 0 atom stereocenters. The molecule has 9 heteroatoms. The van der Waals surface area contributed by atoms with Crippen molar-refractivity contribution in [3.63, 3.8) is 0 Å². The van der Waals surface area contributed by atoms with Crippen LogP contribution in [-0.4, -0.2) is 57.4 Å². The largest absolute Gasteiger partial charge is 0.497 e. The van der Waals surface area contributed by atoms with Gasteiger partial charge in [-0.15, -0.1) is 24.0 Å². The maximum absolute atomic E-state index is 12.4. The summed E-state index contributed by atoms with van der Waals surface area (Å²) in [6, 6.07) is 7.82. The standard InChI is InChI=1S/C19H29F3N4O.HI/c1-23-18(25-13-16-3-5-17(27-2)6-4-16)24-10-7-15-8-11-26(12-9-15)14-19(20,21)22;/h3-6,15H,7-14H2,1-2H3,(H2,23,24,25);1H. The third-order valence-electron chi connectivity index (χ3n) is 4.80. The van der Waals surface area contributed by atoms with Crippen LogP contribution in [0.1, 0.15) is 24.8 Å². The van der Waals surface area contributed by atoms with Crippen molar-refractivity contribution in [2.24, 2.45) is 10.9 Å². The minimum Gasteiger partial charge on any atom is -0.497 e. The molecule has 1 saturated heterocycles. The summed E-state index contributed by atoms with van der Waals surface area (Å²) in [6.07, 6.45) is -1.54. The smallest absolute Gasteiger partial charge is 0.401 e. The van der Waals surface area contributed by atoms with Crippen molar-refractivity contribution in [1.82, 2.24) is 15.5 Å². The van der Waals surface area contributed by atoms with E-state index in [0.29, 0.717) is 25.6 Å². The number of alkyl halides is 3. The highest BCUT2D eigenvalue weighted by Gasteiger charge is 2.32. The highest BCUT2D eigenvalue weighted by Crippen LogP contribution is 2.23. The van der Waals surface area contributed by atoms with Gasteiger partial charge in [-0.1, -0.05) is 12.1 Å². The first-order valence-corrected chi connectivity index (χ1v) is 9.26. The van der Waals surface area contributed by atoms with E-state index in [0.717, 1.165) is 43.1 Å². The van der Waals surface area contributed by atoms with E-state index >= 15 is 0 Å². The molecule has 0 unspecified atom stereocenters. The fourth-order valence-electron chi connectivity index (χ4n) is 3.23. The van der Waals surface area contributed by atoms with Crippen molar-refractivity contribution >= 4 is 29.9 Å². The van der Waals surface area contributed by atoms with E-state index in [4.69, 9.17) is 4.74 Å². The van der Waals surface area contributed by atoms with Gasteiger partial charge in [0.1, 0.15) is 5.75 Å². The number of halogens is 4. The van der Waals surface area contributed by atoms with E-state index in [1.807, 2.05) is 24.3 Å². The molecule has 0 saturated carbocycles. The molecule has 0 spiro atoms. The Hall–Kier alpha value is -1.23. The van der Waals surface area contributed by atoms with Gasteiger partial charge in [0.15, 0.2) is 5.96 Å². The molecule has 0 bridgehead atoms. The van der Waals surface area contributed by atoms with Gasteiger partial charge < -0.3 is 15.4 Å². The molecule has 1 aromatic rings. The first kappa shape index (κ1) is 24.8. The molecular formula is C19H30F3IN4O. The van der Waals surface area contributed by atoms with E-state index in [1.54, 1.807) is 14.2 Å². The Balaban J connectivity index is 0.00000392. The summed E-state index contributed by atoms with van der Waals surface area (Å²) in [7, 11) is 3.36. The van der Waals surface area contributed by atoms with Gasteiger partial charge in [0, 0.05) is 20.1 Å². The van der Waals surface area contributed by atoms with Crippen LogP contribution in [0.5, 0.6) is 5.75 Å². The Bertz CT molecular complexity index is 588. The van der Waals surface area contributed by atoms with E-state index in [-0.39, 0.29) is 24.0 Å². The van der Waals surface area contributed by atoms with Gasteiger partial charge in [-0.25, -0.2) is 0 Å². The SMILES string of the molecule is CN=C(NCCC1CCN(CC(F)(F)F)CC1)NCc1ccc(OC)cc1.I. The molecule has 5 nitrogen and oxygen atoms in total. The van der Waals surface area contributed by atoms with Crippen LogP contribution < -0.4 is 15.4 Å². The van der Waals surface area contributed by atoms with E-state index < -0.39 is 12.7 Å². The molecule has 160 valence electrons. The summed E-state index contributed by atoms with van der Waals surface area (Å²) in [5, 5.41) is 6.54. The number of rotatable bonds is 7. The number of nitrogens with one attached hydrogen (secondary N) is 2. The van der Waals surface area contributed by atoms with Gasteiger partial charge in [0.2, 0.25) is 0 Å². The zero-order valence-corrected chi connectivity index (χ0v) is 18.7. The molecule has 2 N–H and O–H groups in total. The first-order chi connectivity index (χ1) is 12.9. The van der Waals surface area contributed by atoms with Crippen LogP contribution in [0.15, 0.2) is 29.3 Å². The van der Waals surface area contributed by atoms with Crippen LogP contribution in [-0.2, 0) is 6.54 Å². The van der Waals surface area contributed by atoms with Crippen molar-refractivity contribution in [2.75, 3.05) is 40.3 Å². The number of guanidine groups is 1. The highest BCUT2D eigenvalue weighted by molar-refractivity contribution is 14.0. The molecule has 1 heterocycles.